The van der Waals surface area contributed by atoms with E-state index < -0.39 is 37.7 Å². The van der Waals surface area contributed by atoms with Crippen molar-refractivity contribution in [3.8, 4) is 6.07 Å². The number of nitriles is 1. The average Bonchev–Trinajstić information content (AvgIpc) is 3.72. The second kappa shape index (κ2) is 12.5. The van der Waals surface area contributed by atoms with Gasteiger partial charge in [0.15, 0.2) is 0 Å². The van der Waals surface area contributed by atoms with Crippen LogP contribution in [0.1, 0.15) is 65.2 Å². The molecule has 3 aliphatic rings. The highest BCUT2D eigenvalue weighted by Crippen LogP contribution is 2.40. The number of carbonyl (C=O) groups is 3. The zero-order chi connectivity index (χ0) is 31.9. The molecular formula is C31H34N5O7PS. The minimum absolute atomic E-state index is 0.110. The van der Waals surface area contributed by atoms with Gasteiger partial charge < -0.3 is 29.9 Å². The minimum Gasteiger partial charge on any atom is -0.340 e. The number of H-pyrrole nitrogens is 1. The Bertz CT molecular complexity index is 1790. The molecule has 0 unspecified atom stereocenters. The Morgan fingerprint density at radius 1 is 1.07 bits per heavy atom. The number of likely N-dealkylation sites (tertiary alicyclic amines) is 1. The summed E-state index contributed by atoms with van der Waals surface area (Å²) >= 11 is 1.23. The van der Waals surface area contributed by atoms with E-state index in [-0.39, 0.29) is 42.4 Å². The highest BCUT2D eigenvalue weighted by Gasteiger charge is 2.47. The van der Waals surface area contributed by atoms with Crippen molar-refractivity contribution in [2.24, 2.45) is 5.92 Å². The van der Waals surface area contributed by atoms with Crippen molar-refractivity contribution in [1.29, 1.82) is 5.26 Å². The first-order valence-corrected chi connectivity index (χ1v) is 17.7. The SMILES string of the molecule is N#C[C@H]1CN(C(=O)[C@@H]2CC[C@@H]3CCCC[C@H](NC(=O)c4cc5cc(CP(=O)(O)O)ccc5s4)C(=O)N32)C[C@@H]1c1cc[nH]c(=O)c1. The van der Waals surface area contributed by atoms with E-state index in [0.717, 1.165) is 24.0 Å². The number of thiophene rings is 1. The van der Waals surface area contributed by atoms with Crippen molar-refractivity contribution in [2.75, 3.05) is 13.1 Å². The van der Waals surface area contributed by atoms with Crippen LogP contribution in [0.4, 0.5) is 0 Å². The smallest absolute Gasteiger partial charge is 0.329 e. The van der Waals surface area contributed by atoms with Crippen molar-refractivity contribution in [3.63, 3.8) is 0 Å². The minimum atomic E-state index is -4.24. The molecule has 14 heteroatoms. The second-order valence-electron chi connectivity index (χ2n) is 12.2. The first-order chi connectivity index (χ1) is 21.5. The van der Waals surface area contributed by atoms with Gasteiger partial charge in [-0.05, 0) is 66.5 Å². The lowest BCUT2D eigenvalue weighted by molar-refractivity contribution is -0.146. The number of rotatable bonds is 6. The second-order valence-corrected chi connectivity index (χ2v) is 14.9. The molecule has 3 fully saturated rings. The van der Waals surface area contributed by atoms with Crippen LogP contribution >= 0.6 is 18.9 Å². The molecule has 5 atom stereocenters. The molecule has 2 aromatic heterocycles. The molecule has 45 heavy (non-hydrogen) atoms. The van der Waals surface area contributed by atoms with Crippen LogP contribution in [0.5, 0.6) is 0 Å². The predicted molar refractivity (Wildman–Crippen MR) is 166 cm³/mol. The third-order valence-electron chi connectivity index (χ3n) is 9.14. The summed E-state index contributed by atoms with van der Waals surface area (Å²) in [5.41, 5.74) is 0.899. The van der Waals surface area contributed by atoms with Crippen LogP contribution in [-0.2, 0) is 20.3 Å². The Kier molecular flexibility index (Phi) is 8.68. The Balaban J connectivity index is 1.18. The molecule has 5 heterocycles. The van der Waals surface area contributed by atoms with Gasteiger partial charge >= 0.3 is 7.60 Å². The van der Waals surface area contributed by atoms with Crippen LogP contribution in [0.25, 0.3) is 10.1 Å². The first-order valence-electron chi connectivity index (χ1n) is 15.1. The number of fused-ring (bicyclic) bond motifs is 2. The molecule has 6 rings (SSSR count). The standard InChI is InChI=1S/C31H34N5O7PS/c32-14-21-15-35(16-23(21)19-9-10-33-28(37)13-19)31(40)25-7-6-22-3-1-2-4-24(30(39)36(22)25)34-29(38)27-12-20-11-18(17-44(41,42)43)5-8-26(20)45-27/h5,8-13,21-25H,1-4,6-7,15-17H2,(H,33,37)(H,34,38)(H2,41,42,43)/t21-,22-,23+,24-,25-/m0/s1. The van der Waals surface area contributed by atoms with Gasteiger partial charge in [0.25, 0.3) is 5.91 Å². The number of nitrogens with one attached hydrogen (secondary N) is 2. The normalized spacial score (nSPS) is 25.4. The molecule has 3 aliphatic heterocycles. The molecule has 4 N–H and O–H groups in total. The number of aromatic nitrogens is 1. The van der Waals surface area contributed by atoms with E-state index in [1.165, 1.54) is 23.6 Å². The molecule has 0 bridgehead atoms. The Hall–Kier alpha value is -3.82. The third-order valence-corrected chi connectivity index (χ3v) is 11.0. The molecule has 3 saturated heterocycles. The summed E-state index contributed by atoms with van der Waals surface area (Å²) in [6, 6.07) is 10.6. The number of benzene rings is 1. The number of nitrogens with zero attached hydrogens (tertiary/aromatic N) is 3. The van der Waals surface area contributed by atoms with Crippen LogP contribution in [-0.4, -0.2) is 73.5 Å². The van der Waals surface area contributed by atoms with Gasteiger partial charge in [0.2, 0.25) is 17.4 Å². The zero-order valence-electron chi connectivity index (χ0n) is 24.4. The fourth-order valence-corrected chi connectivity index (χ4v) is 8.65. The van der Waals surface area contributed by atoms with Gasteiger partial charge in [-0.1, -0.05) is 18.9 Å². The van der Waals surface area contributed by atoms with Crippen LogP contribution in [0, 0.1) is 17.2 Å². The number of hydrogen-bond acceptors (Lipinski definition) is 7. The third kappa shape index (κ3) is 6.60. The van der Waals surface area contributed by atoms with E-state index >= 15 is 0 Å². The maximum Gasteiger partial charge on any atom is 0.329 e. The van der Waals surface area contributed by atoms with Gasteiger partial charge in [-0.25, -0.2) is 0 Å². The average molecular weight is 652 g/mol. The summed E-state index contributed by atoms with van der Waals surface area (Å²) in [5.74, 6) is -1.68. The lowest BCUT2D eigenvalue weighted by Crippen LogP contribution is -2.56. The molecule has 0 radical (unpaired) electrons. The quantitative estimate of drug-likeness (QED) is 0.293. The largest absolute Gasteiger partial charge is 0.340 e. The van der Waals surface area contributed by atoms with E-state index in [1.54, 1.807) is 40.1 Å². The summed E-state index contributed by atoms with van der Waals surface area (Å²) in [4.78, 5) is 78.2. The van der Waals surface area contributed by atoms with Crippen molar-refractivity contribution in [2.45, 2.75) is 68.7 Å². The van der Waals surface area contributed by atoms with Gasteiger partial charge in [-0.15, -0.1) is 11.3 Å². The molecule has 3 aromatic rings. The fraction of sp³-hybridized carbons (Fsp3) is 0.452. The molecule has 1 aromatic carbocycles. The van der Waals surface area contributed by atoms with Crippen LogP contribution in [0.2, 0.25) is 0 Å². The van der Waals surface area contributed by atoms with Gasteiger partial charge in [0.1, 0.15) is 12.1 Å². The van der Waals surface area contributed by atoms with Crippen molar-refractivity contribution < 1.29 is 28.7 Å². The number of pyridine rings is 1. The van der Waals surface area contributed by atoms with Gasteiger partial charge in [-0.2, -0.15) is 5.26 Å². The molecular weight excluding hydrogens is 617 g/mol. The van der Waals surface area contributed by atoms with Crippen molar-refractivity contribution in [1.82, 2.24) is 20.1 Å². The van der Waals surface area contributed by atoms with Crippen LogP contribution in [0.3, 0.4) is 0 Å². The molecule has 0 saturated carbocycles. The van der Waals surface area contributed by atoms with Gasteiger partial charge in [0.05, 0.1) is 23.0 Å². The van der Waals surface area contributed by atoms with E-state index in [4.69, 9.17) is 0 Å². The molecule has 236 valence electrons. The number of amides is 3. The fourth-order valence-electron chi connectivity index (χ4n) is 7.03. The van der Waals surface area contributed by atoms with E-state index in [0.29, 0.717) is 40.7 Å². The summed E-state index contributed by atoms with van der Waals surface area (Å²) in [6.07, 6.45) is 5.17. The number of aromatic amines is 1. The van der Waals surface area contributed by atoms with E-state index in [1.807, 2.05) is 0 Å². The Labute approximate surface area is 263 Å². The highest BCUT2D eigenvalue weighted by atomic mass is 32.1. The summed E-state index contributed by atoms with van der Waals surface area (Å²) in [6.45, 7) is 0.504. The molecule has 3 amide bonds. The molecule has 0 spiro atoms. The predicted octanol–water partition coefficient (Wildman–Crippen LogP) is 3.07. The lowest BCUT2D eigenvalue weighted by atomic mass is 9.91. The number of hydrogen-bond donors (Lipinski definition) is 4. The van der Waals surface area contributed by atoms with Crippen LogP contribution < -0.4 is 10.9 Å². The van der Waals surface area contributed by atoms with Crippen molar-refractivity contribution in [3.05, 3.63) is 69.0 Å². The highest BCUT2D eigenvalue weighted by molar-refractivity contribution is 7.50. The maximum atomic E-state index is 14.0. The molecule has 0 aliphatic carbocycles. The summed E-state index contributed by atoms with van der Waals surface area (Å²) in [5, 5.41) is 13.4. The molecule has 12 nitrogen and oxygen atoms in total. The van der Waals surface area contributed by atoms with Crippen LogP contribution in [0.15, 0.2) is 47.4 Å². The van der Waals surface area contributed by atoms with Crippen molar-refractivity contribution >= 4 is 46.7 Å². The Morgan fingerprint density at radius 2 is 1.87 bits per heavy atom. The van der Waals surface area contributed by atoms with Gasteiger partial charge in [-0.3, -0.25) is 23.7 Å². The maximum absolute atomic E-state index is 14.0. The van der Waals surface area contributed by atoms with E-state index in [9.17, 15) is 38.8 Å². The first kappa shape index (κ1) is 31.2. The lowest BCUT2D eigenvalue weighted by Gasteiger charge is -2.36. The summed E-state index contributed by atoms with van der Waals surface area (Å²) in [7, 11) is -4.24. The van der Waals surface area contributed by atoms with Gasteiger partial charge in [0, 0.05) is 42.0 Å². The zero-order valence-corrected chi connectivity index (χ0v) is 26.1. The Morgan fingerprint density at radius 3 is 2.62 bits per heavy atom. The monoisotopic (exact) mass is 651 g/mol. The number of carbonyl (C=O) groups excluding carboxylic acids is 3. The summed E-state index contributed by atoms with van der Waals surface area (Å²) < 4.78 is 12.2. The topological polar surface area (TPSA) is 184 Å². The van der Waals surface area contributed by atoms with E-state index in [2.05, 4.69) is 16.4 Å².